The van der Waals surface area contributed by atoms with E-state index in [4.69, 9.17) is 4.84 Å². The van der Waals surface area contributed by atoms with Gasteiger partial charge in [0, 0.05) is 52.2 Å². The van der Waals surface area contributed by atoms with E-state index < -0.39 is 15.7 Å². The number of aromatic nitrogens is 3. The molecule has 4 aliphatic rings. The van der Waals surface area contributed by atoms with E-state index >= 15 is 0 Å². The Balaban J connectivity index is 0.000000374. The second-order valence-electron chi connectivity index (χ2n) is 10.3. The first-order valence-electron chi connectivity index (χ1n) is 13.3. The van der Waals surface area contributed by atoms with Gasteiger partial charge in [-0.25, -0.2) is 0 Å². The predicted molar refractivity (Wildman–Crippen MR) is 137 cm³/mol. The van der Waals surface area contributed by atoms with E-state index in [1.807, 2.05) is 18.2 Å². The average molecular weight is 590 g/mol. The van der Waals surface area contributed by atoms with Gasteiger partial charge in [-0.15, -0.1) is 19.1 Å². The molecule has 16 heteroatoms. The minimum absolute atomic E-state index is 0.0558. The van der Waals surface area contributed by atoms with Gasteiger partial charge < -0.3 is 4.84 Å². The van der Waals surface area contributed by atoms with E-state index in [1.54, 1.807) is 4.85 Å². The van der Waals surface area contributed by atoms with Gasteiger partial charge >= 0.3 is 40.9 Å². The number of benzene rings is 1. The van der Waals surface area contributed by atoms with Gasteiger partial charge in [0.15, 0.2) is 0 Å². The first-order chi connectivity index (χ1) is 17.8. The molecular formula is C22H35F6N7OP2. The van der Waals surface area contributed by atoms with Crippen LogP contribution in [0.1, 0.15) is 51.4 Å². The summed E-state index contributed by atoms with van der Waals surface area (Å²) < 4.78 is 70.7. The zero-order chi connectivity index (χ0) is 27.1. The zero-order valence-electron chi connectivity index (χ0n) is 21.2. The molecule has 2 aromatic rings. The molecule has 6 rings (SSSR count). The summed E-state index contributed by atoms with van der Waals surface area (Å²) in [5, 5.41) is 8.68. The molecule has 1 aromatic carbocycles. The second kappa shape index (κ2) is 9.96. The van der Waals surface area contributed by atoms with Crippen LogP contribution in [0.4, 0.5) is 25.2 Å². The summed E-state index contributed by atoms with van der Waals surface area (Å²) in [5.41, 5.74) is 1.86. The summed E-state index contributed by atoms with van der Waals surface area (Å²) in [6, 6.07) is 8.10. The first-order valence-corrected chi connectivity index (χ1v) is 16.9. The van der Waals surface area contributed by atoms with Crippen LogP contribution in [-0.4, -0.2) is 85.9 Å². The Morgan fingerprint density at radius 1 is 0.711 bits per heavy atom. The van der Waals surface area contributed by atoms with Crippen LogP contribution in [0.25, 0.3) is 11.0 Å². The molecule has 1 atom stereocenters. The van der Waals surface area contributed by atoms with Gasteiger partial charge in [-0.05, 0) is 62.3 Å². The van der Waals surface area contributed by atoms with Crippen molar-refractivity contribution in [2.45, 2.75) is 57.6 Å². The summed E-state index contributed by atoms with van der Waals surface area (Å²) in [5.74, 6) is 0. The quantitative estimate of drug-likeness (QED) is 0.277. The average Bonchev–Trinajstić information content (AvgIpc) is 3.66. The number of rotatable bonds is 6. The fraction of sp³-hybridized carbons (Fsp3) is 0.727. The predicted octanol–water partition coefficient (Wildman–Crippen LogP) is 6.63. The van der Waals surface area contributed by atoms with Crippen molar-refractivity contribution in [3.63, 3.8) is 0 Å². The smallest absolute Gasteiger partial charge is 0.312 e. The van der Waals surface area contributed by atoms with Gasteiger partial charge in [0.1, 0.15) is 11.0 Å². The first kappa shape index (κ1) is 28.2. The van der Waals surface area contributed by atoms with Gasteiger partial charge in [-0.1, -0.05) is 21.6 Å². The Hall–Kier alpha value is -1.30. The molecule has 8 nitrogen and oxygen atoms in total. The Kier molecular flexibility index (Phi) is 7.40. The minimum atomic E-state index is -10.7. The Morgan fingerprint density at radius 3 is 1.68 bits per heavy atom. The summed E-state index contributed by atoms with van der Waals surface area (Å²) in [7, 11) is -12.4. The fourth-order valence-electron chi connectivity index (χ4n) is 6.11. The summed E-state index contributed by atoms with van der Waals surface area (Å²) in [4.78, 5) is 8.33. The van der Waals surface area contributed by atoms with Crippen molar-refractivity contribution in [1.29, 1.82) is 0 Å². The fourth-order valence-corrected chi connectivity index (χ4v) is 11.5. The van der Waals surface area contributed by atoms with Gasteiger partial charge in [-0.3, -0.25) is 0 Å². The van der Waals surface area contributed by atoms with Crippen LogP contribution in [0.3, 0.4) is 0 Å². The molecule has 1 aromatic heterocycles. The maximum atomic E-state index is 9.87. The molecule has 5 heterocycles. The van der Waals surface area contributed by atoms with Crippen molar-refractivity contribution >= 4 is 26.7 Å². The van der Waals surface area contributed by atoms with Crippen LogP contribution in [0.2, 0.25) is 0 Å². The maximum absolute atomic E-state index is 10.7. The number of para-hydroxylation sites is 1. The normalized spacial score (nSPS) is 26.4. The molecule has 4 saturated heterocycles. The molecule has 4 aliphatic heterocycles. The van der Waals surface area contributed by atoms with Gasteiger partial charge in [0.2, 0.25) is 6.23 Å². The third-order valence-corrected chi connectivity index (χ3v) is 12.1. The molecular weight excluding hydrogens is 554 g/mol. The number of halogens is 6. The summed E-state index contributed by atoms with van der Waals surface area (Å²) in [6.07, 6.45) is 10.3. The maximum Gasteiger partial charge on any atom is 0.312 e. The van der Waals surface area contributed by atoms with E-state index in [9.17, 15) is 25.2 Å². The molecule has 0 bridgehead atoms. The van der Waals surface area contributed by atoms with Crippen molar-refractivity contribution in [1.82, 2.24) is 33.8 Å². The van der Waals surface area contributed by atoms with E-state index in [0.717, 1.165) is 24.0 Å². The molecule has 216 valence electrons. The molecule has 0 radical (unpaired) electrons. The monoisotopic (exact) mass is 589 g/mol. The van der Waals surface area contributed by atoms with Crippen LogP contribution >= 0.6 is 15.7 Å². The molecule has 0 amide bonds. The van der Waals surface area contributed by atoms with Gasteiger partial charge in [0.05, 0.1) is 0 Å². The Morgan fingerprint density at radius 2 is 1.18 bits per heavy atom. The van der Waals surface area contributed by atoms with Crippen molar-refractivity contribution < 1.29 is 30.0 Å². The molecule has 0 N–H and O–H groups in total. The third-order valence-electron chi connectivity index (χ3n) is 7.44. The van der Waals surface area contributed by atoms with Gasteiger partial charge in [0.25, 0.3) is 0 Å². The molecule has 0 saturated carbocycles. The number of nitrogens with zero attached hydrogens (tertiary/aromatic N) is 7. The van der Waals surface area contributed by atoms with E-state index in [1.165, 1.54) is 84.2 Å². The third kappa shape index (κ3) is 6.53. The largest absolute Gasteiger partial charge is 0.372 e. The summed E-state index contributed by atoms with van der Waals surface area (Å²) >= 11 is 0. The van der Waals surface area contributed by atoms with E-state index in [0.29, 0.717) is 0 Å². The second-order valence-corrected chi connectivity index (χ2v) is 15.5. The zero-order valence-corrected chi connectivity index (χ0v) is 23.0. The molecule has 1 unspecified atom stereocenters. The number of fused-ring (bicyclic) bond motifs is 1. The SMILES string of the molecule is F[P-](F)(F)(F)(F)F.c1ccc2c(c1)nnn2OC1CCCN1[P+](N1CCCC1)(N1CCCC1)N1CCCC1. The van der Waals surface area contributed by atoms with Crippen LogP contribution in [0.15, 0.2) is 24.3 Å². The summed E-state index contributed by atoms with van der Waals surface area (Å²) in [6.45, 7) is 8.51. The standard InChI is InChI=1S/C22H35N7OP.F6P/c1-2-11-21-20(10-1)23-24-29(21)30-22-12-9-19-28(22)31(25-13-3-4-14-25,26-15-5-6-16-26)27-17-7-8-18-27;1-7(2,3,4,5)6/h1-2,10-11,22H,3-9,12-19H2;/q+1;-1. The van der Waals surface area contributed by atoms with Crippen LogP contribution in [-0.2, 0) is 0 Å². The molecule has 0 aliphatic carbocycles. The topological polar surface area (TPSA) is 52.9 Å². The number of hydrogen-bond donors (Lipinski definition) is 0. The molecule has 0 spiro atoms. The van der Waals surface area contributed by atoms with E-state index in [-0.39, 0.29) is 6.23 Å². The van der Waals surface area contributed by atoms with Crippen molar-refractivity contribution in [2.75, 3.05) is 45.8 Å². The van der Waals surface area contributed by atoms with Crippen LogP contribution in [0, 0.1) is 0 Å². The van der Waals surface area contributed by atoms with Crippen molar-refractivity contribution in [3.05, 3.63) is 24.3 Å². The van der Waals surface area contributed by atoms with Crippen molar-refractivity contribution in [3.8, 4) is 0 Å². The minimum Gasteiger partial charge on any atom is -0.372 e. The van der Waals surface area contributed by atoms with Crippen LogP contribution in [0.5, 0.6) is 0 Å². The Labute approximate surface area is 218 Å². The molecule has 4 fully saturated rings. The Bertz CT molecular complexity index is 1050. The van der Waals surface area contributed by atoms with Crippen LogP contribution < -0.4 is 4.84 Å². The number of hydrogen-bond acceptors (Lipinski definition) is 7. The van der Waals surface area contributed by atoms with Crippen molar-refractivity contribution in [2.24, 2.45) is 0 Å². The van der Waals surface area contributed by atoms with Gasteiger partial charge in [-0.2, -0.15) is 0 Å². The van der Waals surface area contributed by atoms with E-state index in [2.05, 4.69) is 35.1 Å². The molecule has 38 heavy (non-hydrogen) atoms.